The number of carbonyl (C=O) groups excluding carboxylic acids is 3. The van der Waals surface area contributed by atoms with Crippen LogP contribution in [0.2, 0.25) is 0 Å². The van der Waals surface area contributed by atoms with Crippen molar-refractivity contribution < 1.29 is 27.6 Å². The molecule has 0 aliphatic carbocycles. The number of rotatable bonds is 8. The Bertz CT molecular complexity index is 840. The zero-order valence-electron chi connectivity index (χ0n) is 12.8. The molecule has 0 aromatic carbocycles. The van der Waals surface area contributed by atoms with Crippen molar-refractivity contribution in [3.63, 3.8) is 0 Å². The van der Waals surface area contributed by atoms with E-state index in [2.05, 4.69) is 26.1 Å². The second kappa shape index (κ2) is 8.39. The Kier molecular flexibility index (Phi) is 6.47. The van der Waals surface area contributed by atoms with Gasteiger partial charge in [0.15, 0.2) is 17.1 Å². The first-order valence-corrected chi connectivity index (χ1v) is 9.81. The number of nitrogens with one attached hydrogen (secondary N) is 3. The second-order valence-electron chi connectivity index (χ2n) is 4.84. The molecule has 2 heterocycles. The first-order chi connectivity index (χ1) is 12.2. The molecule has 2 rings (SSSR count). The van der Waals surface area contributed by atoms with Gasteiger partial charge in [-0.05, 0) is 0 Å². The molecule has 1 aromatic heterocycles. The van der Waals surface area contributed by atoms with Crippen molar-refractivity contribution in [3.05, 3.63) is 11.1 Å². The Labute approximate surface area is 156 Å². The van der Waals surface area contributed by atoms with Crippen molar-refractivity contribution in [2.75, 3.05) is 11.2 Å². The van der Waals surface area contributed by atoms with Gasteiger partial charge in [0, 0.05) is 5.38 Å². The molecular weight excluding hydrogens is 412 g/mol. The molecule has 0 saturated carbocycles. The van der Waals surface area contributed by atoms with Crippen molar-refractivity contribution in [2.45, 2.75) is 18.0 Å². The highest BCUT2D eigenvalue weighted by molar-refractivity contribution is 7.90. The summed E-state index contributed by atoms with van der Waals surface area (Å²) in [4.78, 5) is 42.9. The average molecular weight is 425 g/mol. The Morgan fingerprint density at radius 1 is 1.54 bits per heavy atom. The number of hydrogen-bond acceptors (Lipinski definition) is 9. The number of anilines is 1. The number of thiazole rings is 1. The molecule has 1 aliphatic heterocycles. The third-order valence-electron chi connectivity index (χ3n) is 2.90. The minimum atomic E-state index is -4.03. The molecule has 1 saturated heterocycles. The average Bonchev–Trinajstić information content (AvgIpc) is 3.00. The highest BCUT2D eigenvalue weighted by Gasteiger charge is 2.47. The van der Waals surface area contributed by atoms with E-state index in [0.29, 0.717) is 10.8 Å². The molecule has 0 unspecified atom stereocenters. The zero-order valence-corrected chi connectivity index (χ0v) is 15.2. The molecule has 3 amide bonds. The van der Waals surface area contributed by atoms with E-state index in [9.17, 15) is 22.8 Å². The summed E-state index contributed by atoms with van der Waals surface area (Å²) in [5.74, 6) is -2.12. The summed E-state index contributed by atoms with van der Waals surface area (Å²) in [6.45, 7) is -0.0826. The number of hydrogen-bond donors (Lipinski definition) is 4. The molecule has 0 spiro atoms. The Morgan fingerprint density at radius 2 is 2.27 bits per heavy atom. The van der Waals surface area contributed by atoms with Crippen molar-refractivity contribution in [2.24, 2.45) is 10.3 Å². The fraction of sp³-hybridized carbons (Fsp3) is 0.364. The normalized spacial score (nSPS) is 19.5. The van der Waals surface area contributed by atoms with Gasteiger partial charge in [-0.15, -0.1) is 22.9 Å². The molecule has 12 nitrogen and oxygen atoms in total. The van der Waals surface area contributed by atoms with Crippen molar-refractivity contribution in [1.29, 1.82) is 0 Å². The fourth-order valence-electron chi connectivity index (χ4n) is 1.73. The lowest BCUT2D eigenvalue weighted by molar-refractivity contribution is -0.132. The highest BCUT2D eigenvalue weighted by Crippen LogP contribution is 2.16. The summed E-state index contributed by atoms with van der Waals surface area (Å²) in [6.07, 6.45) is 0.731. The molecule has 1 fully saturated rings. The van der Waals surface area contributed by atoms with E-state index in [4.69, 9.17) is 21.6 Å². The molecule has 15 heteroatoms. The van der Waals surface area contributed by atoms with Crippen molar-refractivity contribution in [3.8, 4) is 0 Å². The van der Waals surface area contributed by atoms with Gasteiger partial charge in [0.05, 0.1) is 5.69 Å². The van der Waals surface area contributed by atoms with Crippen LogP contribution in [-0.2, 0) is 35.9 Å². The maximum absolute atomic E-state index is 11.6. The van der Waals surface area contributed by atoms with E-state index in [1.165, 1.54) is 0 Å². The van der Waals surface area contributed by atoms with Gasteiger partial charge in [-0.3, -0.25) is 14.4 Å². The van der Waals surface area contributed by atoms with E-state index in [0.717, 1.165) is 17.6 Å². The number of oxime groups is 1. The van der Waals surface area contributed by atoms with Crippen molar-refractivity contribution in [1.82, 2.24) is 15.6 Å². The molecular formula is C11H13ClN6O6S2. The molecule has 1 aliphatic rings. The molecule has 26 heavy (non-hydrogen) atoms. The number of sulfonamides is 1. The summed E-state index contributed by atoms with van der Waals surface area (Å²) in [5.41, 5.74) is 0.449. The number of primary sulfonamides is 1. The third kappa shape index (κ3) is 5.35. The second-order valence-corrected chi connectivity index (χ2v) is 7.65. The first-order valence-electron chi connectivity index (χ1n) is 6.78. The van der Waals surface area contributed by atoms with Crippen LogP contribution in [0.4, 0.5) is 5.13 Å². The van der Waals surface area contributed by atoms with Crippen LogP contribution in [0.15, 0.2) is 10.5 Å². The molecule has 0 radical (unpaired) electrons. The Hall–Kier alpha value is -2.29. The number of carbonyl (C=O) groups is 3. The van der Waals surface area contributed by atoms with Gasteiger partial charge in [-0.2, -0.15) is 0 Å². The number of nitrogens with two attached hydrogens (primary N) is 1. The van der Waals surface area contributed by atoms with Gasteiger partial charge < -0.3 is 20.8 Å². The lowest BCUT2D eigenvalue weighted by atomic mass is 10.1. The van der Waals surface area contributed by atoms with Crippen LogP contribution in [-0.4, -0.2) is 54.6 Å². The first kappa shape index (κ1) is 20.0. The van der Waals surface area contributed by atoms with Crippen molar-refractivity contribution >= 4 is 62.0 Å². The lowest BCUT2D eigenvalue weighted by Gasteiger charge is -2.34. The largest absolute Gasteiger partial charge is 0.389 e. The molecule has 0 bridgehead atoms. The van der Waals surface area contributed by atoms with E-state index in [1.807, 2.05) is 0 Å². The molecule has 1 aromatic rings. The van der Waals surface area contributed by atoms with Crippen LogP contribution in [0.25, 0.3) is 0 Å². The number of β-lactam (4-membered cyclic amide) rings is 1. The molecule has 5 N–H and O–H groups in total. The summed E-state index contributed by atoms with van der Waals surface area (Å²) in [7, 11) is -4.03. The highest BCUT2D eigenvalue weighted by atomic mass is 35.5. The fourth-order valence-corrected chi connectivity index (χ4v) is 3.36. The maximum atomic E-state index is 11.6. The number of alkyl halides is 1. The van der Waals surface area contributed by atoms with E-state index in [1.54, 1.807) is 5.38 Å². The van der Waals surface area contributed by atoms with E-state index < -0.39 is 39.2 Å². The standard InChI is InChI=1S/C11H13ClN6O6S2/c12-1-6(19)17-11-15-5(4-25-11)3-24-14-2-7(20)16-8-9(21)18-10(8)26(13,22)23/h2,4,8,10H,1,3H2,(H,16,20)(H,18,21)(H2,13,22,23)(H,15,17,19)/b14-2-/t8-,10-/m1/s1. The summed E-state index contributed by atoms with van der Waals surface area (Å²) >= 11 is 6.51. The van der Waals surface area contributed by atoms with E-state index in [-0.39, 0.29) is 12.5 Å². The van der Waals surface area contributed by atoms with Gasteiger partial charge in [-0.25, -0.2) is 18.5 Å². The smallest absolute Gasteiger partial charge is 0.266 e. The molecule has 142 valence electrons. The topological polar surface area (TPSA) is 182 Å². The van der Waals surface area contributed by atoms with Gasteiger partial charge in [0.1, 0.15) is 18.1 Å². The summed E-state index contributed by atoms with van der Waals surface area (Å²) < 4.78 is 22.3. The monoisotopic (exact) mass is 424 g/mol. The van der Waals surface area contributed by atoms with Crippen LogP contribution >= 0.6 is 22.9 Å². The Balaban J connectivity index is 1.77. The minimum absolute atomic E-state index is 0.0826. The zero-order chi connectivity index (χ0) is 19.3. The van der Waals surface area contributed by atoms with Crippen LogP contribution < -0.4 is 21.1 Å². The lowest BCUT2D eigenvalue weighted by Crippen LogP contribution is -2.72. The SMILES string of the molecule is NS(=O)(=O)[C@H]1NC(=O)[C@H]1NC(=O)/C=N\OCc1csc(NC(=O)CCl)n1. The summed E-state index contributed by atoms with van der Waals surface area (Å²) in [5, 5.41) is 15.5. The van der Waals surface area contributed by atoms with Gasteiger partial charge in [0.2, 0.25) is 21.8 Å². The van der Waals surface area contributed by atoms with Gasteiger partial charge in [-0.1, -0.05) is 5.16 Å². The van der Waals surface area contributed by atoms with Gasteiger partial charge in [0.25, 0.3) is 5.91 Å². The third-order valence-corrected chi connectivity index (χ3v) is 5.05. The number of halogens is 1. The Morgan fingerprint density at radius 3 is 2.88 bits per heavy atom. The number of nitrogens with zero attached hydrogens (tertiary/aromatic N) is 2. The quantitative estimate of drug-likeness (QED) is 0.162. The van der Waals surface area contributed by atoms with E-state index >= 15 is 0 Å². The molecule has 2 atom stereocenters. The van der Waals surface area contributed by atoms with Crippen LogP contribution in [0.3, 0.4) is 0 Å². The van der Waals surface area contributed by atoms with Crippen LogP contribution in [0, 0.1) is 0 Å². The predicted molar refractivity (Wildman–Crippen MR) is 91.7 cm³/mol. The number of amides is 3. The maximum Gasteiger partial charge on any atom is 0.266 e. The minimum Gasteiger partial charge on any atom is -0.389 e. The predicted octanol–water partition coefficient (Wildman–Crippen LogP) is -1.95. The van der Waals surface area contributed by atoms with Crippen LogP contribution in [0.5, 0.6) is 0 Å². The summed E-state index contributed by atoms with van der Waals surface area (Å²) in [6, 6.07) is -1.30. The number of aromatic nitrogens is 1. The van der Waals surface area contributed by atoms with Gasteiger partial charge >= 0.3 is 0 Å². The van der Waals surface area contributed by atoms with Crippen LogP contribution in [0.1, 0.15) is 5.69 Å².